The van der Waals surface area contributed by atoms with E-state index in [0.29, 0.717) is 5.56 Å². The van der Waals surface area contributed by atoms with Gasteiger partial charge in [-0.15, -0.1) is 0 Å². The number of benzene rings is 1. The standard InChI is InChI=1S/C15H15F3N4O3/c1-2-22-13(15(16,17)18)11(8-19-22)21-14(25)20-10-5-3-4-9(6-10)7-12(23)24/h3-6,8H,2,7H2,1H3,(H,23,24)(H2,20,21,25). The topological polar surface area (TPSA) is 96.3 Å². The van der Waals surface area contributed by atoms with E-state index in [1.54, 1.807) is 6.07 Å². The Hall–Kier alpha value is -3.04. The Morgan fingerprint density at radius 2 is 2.00 bits per heavy atom. The van der Waals surface area contributed by atoms with Crippen LogP contribution in [0.3, 0.4) is 0 Å². The number of hydrogen-bond acceptors (Lipinski definition) is 3. The number of carbonyl (C=O) groups excluding carboxylic acids is 1. The lowest BCUT2D eigenvalue weighted by molar-refractivity contribution is -0.143. The van der Waals surface area contributed by atoms with Gasteiger partial charge in [-0.1, -0.05) is 12.1 Å². The Kier molecular flexibility index (Phi) is 5.30. The maximum Gasteiger partial charge on any atom is 0.435 e. The van der Waals surface area contributed by atoms with Crippen molar-refractivity contribution in [3.63, 3.8) is 0 Å². The predicted octanol–water partition coefficient (Wildman–Crippen LogP) is 3.19. The maximum absolute atomic E-state index is 13.1. The van der Waals surface area contributed by atoms with Crippen LogP contribution in [0, 0.1) is 0 Å². The molecule has 10 heteroatoms. The van der Waals surface area contributed by atoms with E-state index >= 15 is 0 Å². The van der Waals surface area contributed by atoms with Crippen molar-refractivity contribution in [1.82, 2.24) is 9.78 Å². The van der Waals surface area contributed by atoms with Crippen LogP contribution < -0.4 is 10.6 Å². The van der Waals surface area contributed by atoms with Crippen LogP contribution in [-0.2, 0) is 23.9 Å². The molecule has 0 fully saturated rings. The van der Waals surface area contributed by atoms with Gasteiger partial charge in [0, 0.05) is 12.2 Å². The zero-order chi connectivity index (χ0) is 18.6. The third-order valence-electron chi connectivity index (χ3n) is 3.20. The molecule has 134 valence electrons. The number of aliphatic carboxylic acids is 1. The molecule has 0 radical (unpaired) electrons. The van der Waals surface area contributed by atoms with Gasteiger partial charge in [0.15, 0.2) is 5.69 Å². The minimum absolute atomic E-state index is 0.00459. The van der Waals surface area contributed by atoms with Crippen LogP contribution in [0.25, 0.3) is 0 Å². The van der Waals surface area contributed by atoms with E-state index in [9.17, 15) is 22.8 Å². The molecule has 1 aromatic heterocycles. The number of carboxylic acids is 1. The van der Waals surface area contributed by atoms with E-state index < -0.39 is 29.6 Å². The van der Waals surface area contributed by atoms with Gasteiger partial charge in [-0.05, 0) is 24.6 Å². The minimum Gasteiger partial charge on any atom is -0.481 e. The normalized spacial score (nSPS) is 11.2. The van der Waals surface area contributed by atoms with Crippen LogP contribution >= 0.6 is 0 Å². The largest absolute Gasteiger partial charge is 0.481 e. The molecule has 0 saturated carbocycles. The van der Waals surface area contributed by atoms with Crippen molar-refractivity contribution in [2.24, 2.45) is 0 Å². The molecule has 2 rings (SSSR count). The van der Waals surface area contributed by atoms with Gasteiger partial charge in [-0.3, -0.25) is 9.48 Å². The molecule has 2 amide bonds. The van der Waals surface area contributed by atoms with E-state index in [0.717, 1.165) is 10.9 Å². The van der Waals surface area contributed by atoms with Crippen molar-refractivity contribution < 1.29 is 27.9 Å². The van der Waals surface area contributed by atoms with Crippen molar-refractivity contribution in [3.8, 4) is 0 Å². The van der Waals surface area contributed by atoms with Crippen molar-refractivity contribution in [3.05, 3.63) is 41.7 Å². The van der Waals surface area contributed by atoms with Crippen LogP contribution in [-0.4, -0.2) is 26.9 Å². The highest BCUT2D eigenvalue weighted by atomic mass is 19.4. The number of carbonyl (C=O) groups is 2. The fourth-order valence-electron chi connectivity index (χ4n) is 2.23. The fraction of sp³-hybridized carbons (Fsp3) is 0.267. The fourth-order valence-corrected chi connectivity index (χ4v) is 2.23. The van der Waals surface area contributed by atoms with E-state index in [1.807, 2.05) is 0 Å². The highest BCUT2D eigenvalue weighted by molar-refractivity contribution is 6.00. The van der Waals surface area contributed by atoms with Crippen molar-refractivity contribution in [2.45, 2.75) is 26.1 Å². The summed E-state index contributed by atoms with van der Waals surface area (Å²) in [6.45, 7) is 1.50. The highest BCUT2D eigenvalue weighted by Crippen LogP contribution is 2.34. The lowest BCUT2D eigenvalue weighted by Crippen LogP contribution is -2.22. The monoisotopic (exact) mass is 356 g/mol. The minimum atomic E-state index is -4.67. The van der Waals surface area contributed by atoms with Gasteiger partial charge in [-0.25, -0.2) is 4.79 Å². The number of rotatable bonds is 5. The Bertz CT molecular complexity index is 787. The molecule has 0 atom stereocenters. The molecule has 0 bridgehead atoms. The second kappa shape index (κ2) is 7.24. The number of nitrogens with zero attached hydrogens (tertiary/aromatic N) is 2. The molecule has 0 unspecified atom stereocenters. The van der Waals surface area contributed by atoms with Crippen LogP contribution in [0.4, 0.5) is 29.3 Å². The van der Waals surface area contributed by atoms with E-state index in [4.69, 9.17) is 5.11 Å². The van der Waals surface area contributed by atoms with Gasteiger partial charge in [0.1, 0.15) is 0 Å². The Morgan fingerprint density at radius 1 is 1.28 bits per heavy atom. The molecule has 25 heavy (non-hydrogen) atoms. The number of amides is 2. The second-order valence-corrected chi connectivity index (χ2v) is 5.07. The van der Waals surface area contributed by atoms with Gasteiger partial charge < -0.3 is 15.7 Å². The summed E-state index contributed by atoms with van der Waals surface area (Å²) in [5.41, 5.74) is -0.814. The first-order valence-electron chi connectivity index (χ1n) is 7.22. The number of nitrogens with one attached hydrogen (secondary N) is 2. The molecule has 0 aliphatic heterocycles. The maximum atomic E-state index is 13.1. The van der Waals surface area contributed by atoms with Gasteiger partial charge in [0.05, 0.1) is 18.3 Å². The molecule has 0 saturated heterocycles. The summed E-state index contributed by atoms with van der Waals surface area (Å²) in [6.07, 6.45) is -3.98. The van der Waals surface area contributed by atoms with Gasteiger partial charge in [-0.2, -0.15) is 18.3 Å². The quantitative estimate of drug-likeness (QED) is 0.766. The number of carboxylic acid groups (broad SMARTS) is 1. The summed E-state index contributed by atoms with van der Waals surface area (Å²) in [7, 11) is 0. The lowest BCUT2D eigenvalue weighted by atomic mass is 10.1. The van der Waals surface area contributed by atoms with Crippen LogP contribution in [0.1, 0.15) is 18.2 Å². The number of aryl methyl sites for hydroxylation is 1. The van der Waals surface area contributed by atoms with Gasteiger partial charge in [0.2, 0.25) is 0 Å². The Balaban J connectivity index is 2.14. The van der Waals surface area contributed by atoms with E-state index in [2.05, 4.69) is 15.7 Å². The molecule has 0 spiro atoms. The van der Waals surface area contributed by atoms with Crippen molar-refractivity contribution in [1.29, 1.82) is 0 Å². The summed E-state index contributed by atoms with van der Waals surface area (Å²) < 4.78 is 40.0. The molecule has 3 N–H and O–H groups in total. The highest BCUT2D eigenvalue weighted by Gasteiger charge is 2.38. The molecule has 2 aromatic rings. The third-order valence-corrected chi connectivity index (χ3v) is 3.20. The lowest BCUT2D eigenvalue weighted by Gasteiger charge is -2.12. The predicted molar refractivity (Wildman–Crippen MR) is 83.3 cm³/mol. The number of aromatic nitrogens is 2. The molecule has 0 aliphatic rings. The molecule has 7 nitrogen and oxygen atoms in total. The van der Waals surface area contributed by atoms with Crippen molar-refractivity contribution in [2.75, 3.05) is 10.6 Å². The molecular weight excluding hydrogens is 341 g/mol. The Labute approximate surface area is 140 Å². The number of anilines is 2. The Morgan fingerprint density at radius 3 is 2.60 bits per heavy atom. The van der Waals surface area contributed by atoms with Gasteiger partial charge >= 0.3 is 18.2 Å². The zero-order valence-electron chi connectivity index (χ0n) is 13.1. The van der Waals surface area contributed by atoms with Crippen LogP contribution in [0.2, 0.25) is 0 Å². The van der Waals surface area contributed by atoms with Crippen molar-refractivity contribution >= 4 is 23.4 Å². The second-order valence-electron chi connectivity index (χ2n) is 5.07. The molecule has 1 heterocycles. The summed E-state index contributed by atoms with van der Waals surface area (Å²) in [4.78, 5) is 22.6. The van der Waals surface area contributed by atoms with Gasteiger partial charge in [0.25, 0.3) is 0 Å². The third kappa shape index (κ3) is 4.72. The first-order valence-corrected chi connectivity index (χ1v) is 7.22. The molecule has 0 aliphatic carbocycles. The van der Waals surface area contributed by atoms with E-state index in [-0.39, 0.29) is 18.7 Å². The van der Waals surface area contributed by atoms with E-state index in [1.165, 1.54) is 25.1 Å². The zero-order valence-corrected chi connectivity index (χ0v) is 13.1. The average Bonchev–Trinajstić information content (AvgIpc) is 2.89. The number of alkyl halides is 3. The molecular formula is C15H15F3N4O3. The number of halogens is 3. The summed E-state index contributed by atoms with van der Waals surface area (Å²) >= 11 is 0. The number of urea groups is 1. The SMILES string of the molecule is CCn1ncc(NC(=O)Nc2cccc(CC(=O)O)c2)c1C(F)(F)F. The summed E-state index contributed by atoms with van der Waals surface area (Å²) in [5, 5.41) is 16.8. The van der Waals surface area contributed by atoms with Crippen LogP contribution in [0.5, 0.6) is 0 Å². The number of hydrogen-bond donors (Lipinski definition) is 3. The summed E-state index contributed by atoms with van der Waals surface area (Å²) in [6, 6.07) is 5.11. The first-order chi connectivity index (χ1) is 11.7. The first kappa shape index (κ1) is 18.3. The summed E-state index contributed by atoms with van der Waals surface area (Å²) in [5.74, 6) is -1.04. The molecule has 1 aromatic carbocycles. The average molecular weight is 356 g/mol. The van der Waals surface area contributed by atoms with Crippen LogP contribution in [0.15, 0.2) is 30.5 Å². The smallest absolute Gasteiger partial charge is 0.435 e.